The third kappa shape index (κ3) is 4.42. The number of sulfonamides is 1. The number of benzene rings is 2. The van der Waals surface area contributed by atoms with Crippen molar-refractivity contribution in [3.05, 3.63) is 68.7 Å². The van der Waals surface area contributed by atoms with E-state index in [-0.39, 0.29) is 21.2 Å². The van der Waals surface area contributed by atoms with Gasteiger partial charge >= 0.3 is 0 Å². The molecule has 0 saturated heterocycles. The lowest BCUT2D eigenvalue weighted by Gasteiger charge is -2.09. The lowest BCUT2D eigenvalue weighted by molar-refractivity contribution is -0.384. The minimum absolute atomic E-state index is 0.171. The van der Waals surface area contributed by atoms with E-state index >= 15 is 0 Å². The second-order valence-corrected chi connectivity index (χ2v) is 8.17. The van der Waals surface area contributed by atoms with Crippen LogP contribution in [0.25, 0.3) is 0 Å². The number of rotatable bonds is 6. The molecule has 2 N–H and O–H groups in total. The van der Waals surface area contributed by atoms with Gasteiger partial charge in [-0.1, -0.05) is 22.9 Å². The maximum atomic E-state index is 12.4. The Hall–Kier alpha value is -3.09. The molecule has 13 heteroatoms. The Morgan fingerprint density at radius 1 is 1.18 bits per heavy atom. The van der Waals surface area contributed by atoms with Gasteiger partial charge in [0.05, 0.1) is 9.82 Å². The molecule has 0 saturated carbocycles. The molecule has 0 aliphatic rings. The summed E-state index contributed by atoms with van der Waals surface area (Å²) in [6, 6.07) is 8.76. The highest BCUT2D eigenvalue weighted by molar-refractivity contribution is 7.92. The highest BCUT2D eigenvalue weighted by atomic mass is 35.5. The van der Waals surface area contributed by atoms with E-state index in [0.29, 0.717) is 5.13 Å². The average molecular weight is 440 g/mol. The highest BCUT2D eigenvalue weighted by Gasteiger charge is 2.21. The van der Waals surface area contributed by atoms with Crippen LogP contribution in [0.15, 0.2) is 52.9 Å². The number of carbonyl (C=O) groups excluding carboxylic acids is 1. The number of nitro benzene ring substituents is 1. The molecule has 1 aromatic heterocycles. The lowest BCUT2D eigenvalue weighted by Crippen LogP contribution is -2.14. The van der Waals surface area contributed by atoms with E-state index in [9.17, 15) is 23.3 Å². The molecule has 0 radical (unpaired) electrons. The minimum Gasteiger partial charge on any atom is -0.296 e. The van der Waals surface area contributed by atoms with Crippen LogP contribution in [-0.2, 0) is 10.0 Å². The van der Waals surface area contributed by atoms with Crippen LogP contribution in [0.5, 0.6) is 0 Å². The van der Waals surface area contributed by atoms with Gasteiger partial charge < -0.3 is 0 Å². The van der Waals surface area contributed by atoms with Crippen molar-refractivity contribution in [3.8, 4) is 0 Å². The van der Waals surface area contributed by atoms with Crippen LogP contribution >= 0.6 is 22.9 Å². The summed E-state index contributed by atoms with van der Waals surface area (Å²) in [4.78, 5) is 21.9. The summed E-state index contributed by atoms with van der Waals surface area (Å²) in [6.07, 6.45) is 0. The van der Waals surface area contributed by atoms with E-state index in [1.54, 1.807) is 0 Å². The van der Waals surface area contributed by atoms with Gasteiger partial charge in [-0.05, 0) is 36.4 Å². The molecule has 0 spiro atoms. The van der Waals surface area contributed by atoms with Gasteiger partial charge in [0, 0.05) is 17.3 Å². The Morgan fingerprint density at radius 3 is 2.50 bits per heavy atom. The van der Waals surface area contributed by atoms with Crippen molar-refractivity contribution in [1.29, 1.82) is 0 Å². The van der Waals surface area contributed by atoms with E-state index < -0.39 is 26.5 Å². The predicted octanol–water partition coefficient (Wildman–Crippen LogP) is 3.15. The number of hydrogen-bond acceptors (Lipinski definition) is 8. The molecular weight excluding hydrogens is 430 g/mol. The number of hydrogen-bond donors (Lipinski definition) is 2. The van der Waals surface area contributed by atoms with Crippen molar-refractivity contribution in [2.75, 3.05) is 10.0 Å². The van der Waals surface area contributed by atoms with Crippen LogP contribution in [0.4, 0.5) is 16.5 Å². The summed E-state index contributed by atoms with van der Waals surface area (Å²) < 4.78 is 27.2. The Bertz CT molecular complexity index is 1130. The largest absolute Gasteiger partial charge is 0.296 e. The Morgan fingerprint density at radius 2 is 1.89 bits per heavy atom. The molecule has 0 aliphatic heterocycles. The topological polar surface area (TPSA) is 144 Å². The summed E-state index contributed by atoms with van der Waals surface area (Å²) >= 11 is 6.85. The second kappa shape index (κ2) is 7.88. The van der Waals surface area contributed by atoms with Gasteiger partial charge in [0.2, 0.25) is 5.13 Å². The van der Waals surface area contributed by atoms with E-state index in [1.807, 2.05) is 0 Å². The Kier molecular flexibility index (Phi) is 5.53. The SMILES string of the molecule is O=C(Nc1nncs1)c1ccc(NS(=O)(=O)c2ccc(Cl)c([N+](=O)[O-])c2)cc1. The van der Waals surface area contributed by atoms with Crippen LogP contribution in [0.1, 0.15) is 10.4 Å². The number of carbonyl (C=O) groups is 1. The summed E-state index contributed by atoms with van der Waals surface area (Å²) in [5.74, 6) is -0.431. The summed E-state index contributed by atoms with van der Waals surface area (Å²) in [5, 5.41) is 20.9. The first-order valence-corrected chi connectivity index (χ1v) is 10.1. The third-order valence-electron chi connectivity index (χ3n) is 3.40. The second-order valence-electron chi connectivity index (χ2n) is 5.25. The van der Waals surface area contributed by atoms with Crippen molar-refractivity contribution in [2.45, 2.75) is 4.90 Å². The van der Waals surface area contributed by atoms with Crippen molar-refractivity contribution >= 4 is 55.4 Å². The summed E-state index contributed by atoms with van der Waals surface area (Å²) in [6.45, 7) is 0. The standard InChI is InChI=1S/C15H10ClN5O5S2/c16-12-6-5-11(7-13(12)21(23)24)28(25,26)20-10-3-1-9(2-4-10)14(22)18-15-19-17-8-27-15/h1-8,20H,(H,18,19,22). The van der Waals surface area contributed by atoms with Crippen molar-refractivity contribution < 1.29 is 18.1 Å². The smallest absolute Gasteiger partial charge is 0.289 e. The summed E-state index contributed by atoms with van der Waals surface area (Å²) in [7, 11) is -4.09. The average Bonchev–Trinajstić information content (AvgIpc) is 3.15. The lowest BCUT2D eigenvalue weighted by atomic mass is 10.2. The zero-order chi connectivity index (χ0) is 20.3. The number of nitro groups is 1. The third-order valence-corrected chi connectivity index (χ3v) is 5.71. The van der Waals surface area contributed by atoms with Crippen molar-refractivity contribution in [3.63, 3.8) is 0 Å². The van der Waals surface area contributed by atoms with Crippen LogP contribution in [0, 0.1) is 10.1 Å². The fraction of sp³-hybridized carbons (Fsp3) is 0. The van der Waals surface area contributed by atoms with Gasteiger partial charge in [-0.3, -0.25) is 24.9 Å². The molecule has 0 fully saturated rings. The molecule has 0 unspecified atom stereocenters. The number of nitrogens with one attached hydrogen (secondary N) is 2. The Balaban J connectivity index is 1.77. The van der Waals surface area contributed by atoms with E-state index in [2.05, 4.69) is 20.2 Å². The molecule has 1 heterocycles. The van der Waals surface area contributed by atoms with Crippen LogP contribution in [-0.4, -0.2) is 29.4 Å². The van der Waals surface area contributed by atoms with Gasteiger partial charge in [-0.15, -0.1) is 10.2 Å². The van der Waals surface area contributed by atoms with E-state index in [4.69, 9.17) is 11.6 Å². The molecule has 28 heavy (non-hydrogen) atoms. The molecule has 0 aliphatic carbocycles. The van der Waals surface area contributed by atoms with E-state index in [0.717, 1.165) is 29.5 Å². The van der Waals surface area contributed by atoms with Gasteiger partial charge in [0.25, 0.3) is 21.6 Å². The van der Waals surface area contributed by atoms with Crippen LogP contribution in [0.3, 0.4) is 0 Å². The molecule has 3 aromatic rings. The Labute approximate surface area is 167 Å². The maximum absolute atomic E-state index is 12.4. The zero-order valence-corrected chi connectivity index (χ0v) is 16.1. The van der Waals surface area contributed by atoms with E-state index in [1.165, 1.54) is 29.8 Å². The highest BCUT2D eigenvalue weighted by Crippen LogP contribution is 2.28. The molecule has 2 aromatic carbocycles. The van der Waals surface area contributed by atoms with Gasteiger partial charge in [-0.25, -0.2) is 8.42 Å². The summed E-state index contributed by atoms with van der Waals surface area (Å²) in [5.41, 5.74) is 1.40. The molecule has 1 amide bonds. The van der Waals surface area contributed by atoms with Crippen molar-refractivity contribution in [2.24, 2.45) is 0 Å². The minimum atomic E-state index is -4.09. The number of anilines is 2. The normalized spacial score (nSPS) is 11.0. The zero-order valence-electron chi connectivity index (χ0n) is 13.7. The molecule has 10 nitrogen and oxygen atoms in total. The van der Waals surface area contributed by atoms with Crippen molar-refractivity contribution in [1.82, 2.24) is 10.2 Å². The predicted molar refractivity (Wildman–Crippen MR) is 103 cm³/mol. The molecule has 3 rings (SSSR count). The molecule has 0 bridgehead atoms. The number of halogens is 1. The van der Waals surface area contributed by atoms with Gasteiger partial charge in [0.15, 0.2) is 0 Å². The van der Waals surface area contributed by atoms with Gasteiger partial charge in [-0.2, -0.15) is 0 Å². The monoisotopic (exact) mass is 439 g/mol. The first-order valence-electron chi connectivity index (χ1n) is 7.40. The maximum Gasteiger partial charge on any atom is 0.289 e. The fourth-order valence-corrected chi connectivity index (χ4v) is 3.80. The molecule has 0 atom stereocenters. The number of amides is 1. The number of nitrogens with zero attached hydrogens (tertiary/aromatic N) is 3. The molecule has 144 valence electrons. The molecular formula is C15H10ClN5O5S2. The number of aromatic nitrogens is 2. The quantitative estimate of drug-likeness (QED) is 0.443. The van der Waals surface area contributed by atoms with Crippen LogP contribution < -0.4 is 10.0 Å². The first kappa shape index (κ1) is 19.7. The van der Waals surface area contributed by atoms with Gasteiger partial charge in [0.1, 0.15) is 10.5 Å². The van der Waals surface area contributed by atoms with Crippen LogP contribution in [0.2, 0.25) is 5.02 Å². The fourth-order valence-electron chi connectivity index (χ4n) is 2.10. The first-order chi connectivity index (χ1) is 13.3.